The monoisotopic (exact) mass is 315 g/mol. The molecule has 124 valence electrons. The Labute approximate surface area is 137 Å². The summed E-state index contributed by atoms with van der Waals surface area (Å²) >= 11 is 0. The minimum atomic E-state index is -0.0392. The molecule has 1 heterocycles. The van der Waals surface area contributed by atoms with Gasteiger partial charge < -0.3 is 9.64 Å². The van der Waals surface area contributed by atoms with E-state index in [0.29, 0.717) is 12.3 Å². The number of carbonyl (C=O) groups is 1. The van der Waals surface area contributed by atoms with Crippen molar-refractivity contribution < 1.29 is 9.53 Å². The van der Waals surface area contributed by atoms with Crippen molar-refractivity contribution in [1.82, 2.24) is 15.1 Å². The molecule has 1 fully saturated rings. The summed E-state index contributed by atoms with van der Waals surface area (Å²) in [6, 6.07) is 6.16. The average molecular weight is 315 g/mol. The molecule has 2 unspecified atom stereocenters. The fourth-order valence-corrected chi connectivity index (χ4v) is 3.61. The van der Waals surface area contributed by atoms with Gasteiger partial charge in [0.1, 0.15) is 0 Å². The normalized spacial score (nSPS) is 22.8. The molecule has 0 spiro atoms. The van der Waals surface area contributed by atoms with E-state index in [9.17, 15) is 4.79 Å². The Balaban J connectivity index is 1.84. The topological polar surface area (TPSA) is 58.2 Å². The molecule has 1 aromatic heterocycles. The lowest BCUT2D eigenvalue weighted by Crippen LogP contribution is -2.62. The molecule has 2 atom stereocenters. The molecule has 1 N–H and O–H groups in total. The summed E-state index contributed by atoms with van der Waals surface area (Å²) in [5, 5.41) is 8.10. The summed E-state index contributed by atoms with van der Waals surface area (Å²) in [7, 11) is 1.87. The number of fused-ring (bicyclic) bond motifs is 1. The quantitative estimate of drug-likeness (QED) is 0.943. The summed E-state index contributed by atoms with van der Waals surface area (Å²) < 4.78 is 5.77. The Kier molecular flexibility index (Phi) is 3.92. The zero-order valence-electron chi connectivity index (χ0n) is 14.5. The third-order valence-corrected chi connectivity index (χ3v) is 5.20. The van der Waals surface area contributed by atoms with Crippen LogP contribution in [0.1, 0.15) is 43.2 Å². The zero-order chi connectivity index (χ0) is 16.8. The standard InChI is InChI=1S/C18H25N3O2/c1-6-23-15-10-14(18(15,3)4)21(5)17(22)16-12-9-11(2)7-8-13(12)19-20-16/h7-9,14-15H,6,10H2,1-5H3,(H,19,20). The number of ether oxygens (including phenoxy) is 1. The lowest BCUT2D eigenvalue weighted by Gasteiger charge is -2.54. The Hall–Kier alpha value is -1.88. The van der Waals surface area contributed by atoms with Crippen molar-refractivity contribution in [3.63, 3.8) is 0 Å². The molecule has 3 rings (SSSR count). The number of amides is 1. The van der Waals surface area contributed by atoms with Gasteiger partial charge in [-0.2, -0.15) is 5.10 Å². The van der Waals surface area contributed by atoms with Crippen LogP contribution in [0, 0.1) is 12.3 Å². The summed E-state index contributed by atoms with van der Waals surface area (Å²) in [4.78, 5) is 14.7. The highest BCUT2D eigenvalue weighted by Crippen LogP contribution is 2.45. The second kappa shape index (κ2) is 5.64. The van der Waals surface area contributed by atoms with Crippen LogP contribution in [0.3, 0.4) is 0 Å². The van der Waals surface area contributed by atoms with Crippen LogP contribution in [-0.2, 0) is 4.74 Å². The zero-order valence-corrected chi connectivity index (χ0v) is 14.5. The van der Waals surface area contributed by atoms with Crippen molar-refractivity contribution in [1.29, 1.82) is 0 Å². The number of aromatic amines is 1. The predicted molar refractivity (Wildman–Crippen MR) is 90.5 cm³/mol. The highest BCUT2D eigenvalue weighted by molar-refractivity contribution is 6.04. The summed E-state index contributed by atoms with van der Waals surface area (Å²) in [6.07, 6.45) is 1.09. The van der Waals surface area contributed by atoms with Crippen LogP contribution in [-0.4, -0.2) is 46.8 Å². The van der Waals surface area contributed by atoms with Gasteiger partial charge in [-0.15, -0.1) is 0 Å². The van der Waals surface area contributed by atoms with E-state index in [2.05, 4.69) is 24.0 Å². The molecule has 0 bridgehead atoms. The van der Waals surface area contributed by atoms with E-state index >= 15 is 0 Å². The van der Waals surface area contributed by atoms with E-state index in [1.54, 1.807) is 0 Å². The van der Waals surface area contributed by atoms with Gasteiger partial charge in [-0.25, -0.2) is 0 Å². The Bertz CT molecular complexity index is 735. The second-order valence-corrected chi connectivity index (χ2v) is 7.05. The number of hydrogen-bond acceptors (Lipinski definition) is 3. The molecule has 0 saturated heterocycles. The smallest absolute Gasteiger partial charge is 0.275 e. The van der Waals surface area contributed by atoms with E-state index < -0.39 is 0 Å². The lowest BCUT2D eigenvalue weighted by molar-refractivity contribution is -0.136. The van der Waals surface area contributed by atoms with Gasteiger partial charge in [0.05, 0.1) is 11.6 Å². The maximum absolute atomic E-state index is 12.9. The molecule has 0 aliphatic heterocycles. The molecular formula is C18H25N3O2. The molecule has 2 aromatic rings. The van der Waals surface area contributed by atoms with E-state index in [4.69, 9.17) is 4.74 Å². The molecule has 5 nitrogen and oxygen atoms in total. The van der Waals surface area contributed by atoms with Crippen LogP contribution in [0.25, 0.3) is 10.9 Å². The van der Waals surface area contributed by atoms with Gasteiger partial charge in [-0.3, -0.25) is 9.89 Å². The van der Waals surface area contributed by atoms with Gasteiger partial charge in [-0.1, -0.05) is 25.5 Å². The van der Waals surface area contributed by atoms with Crippen LogP contribution in [0.2, 0.25) is 0 Å². The first-order chi connectivity index (χ1) is 10.9. The first-order valence-electron chi connectivity index (χ1n) is 8.19. The molecule has 1 saturated carbocycles. The number of benzene rings is 1. The highest BCUT2D eigenvalue weighted by Gasteiger charge is 2.52. The van der Waals surface area contributed by atoms with Crippen molar-refractivity contribution in [3.05, 3.63) is 29.5 Å². The summed E-state index contributed by atoms with van der Waals surface area (Å²) in [5.41, 5.74) is 2.48. The van der Waals surface area contributed by atoms with Crippen LogP contribution in [0.4, 0.5) is 0 Å². The molecule has 1 aliphatic rings. The Morgan fingerprint density at radius 1 is 1.48 bits per heavy atom. The average Bonchev–Trinajstić information content (AvgIpc) is 2.92. The first kappa shape index (κ1) is 16.0. The minimum absolute atomic E-state index is 0.0325. The maximum atomic E-state index is 12.9. The van der Waals surface area contributed by atoms with Gasteiger partial charge in [0.25, 0.3) is 5.91 Å². The van der Waals surface area contributed by atoms with E-state index in [1.165, 1.54) is 0 Å². The second-order valence-electron chi connectivity index (χ2n) is 7.05. The van der Waals surface area contributed by atoms with E-state index in [1.807, 2.05) is 44.0 Å². The van der Waals surface area contributed by atoms with E-state index in [0.717, 1.165) is 22.9 Å². The van der Waals surface area contributed by atoms with Gasteiger partial charge >= 0.3 is 0 Å². The third-order valence-electron chi connectivity index (χ3n) is 5.20. The van der Waals surface area contributed by atoms with Crippen molar-refractivity contribution in [2.75, 3.05) is 13.7 Å². The Morgan fingerprint density at radius 2 is 2.22 bits per heavy atom. The number of nitrogens with zero attached hydrogens (tertiary/aromatic N) is 2. The van der Waals surface area contributed by atoms with Gasteiger partial charge in [0, 0.05) is 30.5 Å². The fraction of sp³-hybridized carbons (Fsp3) is 0.556. The number of aromatic nitrogens is 2. The lowest BCUT2D eigenvalue weighted by atomic mass is 9.63. The molecule has 0 radical (unpaired) electrons. The number of nitrogens with one attached hydrogen (secondary N) is 1. The summed E-state index contributed by atoms with van der Waals surface area (Å²) in [6.45, 7) is 9.07. The maximum Gasteiger partial charge on any atom is 0.275 e. The van der Waals surface area contributed by atoms with E-state index in [-0.39, 0.29) is 23.5 Å². The van der Waals surface area contributed by atoms with Crippen molar-refractivity contribution >= 4 is 16.8 Å². The van der Waals surface area contributed by atoms with Gasteiger partial charge in [-0.05, 0) is 32.4 Å². The first-order valence-corrected chi connectivity index (χ1v) is 8.19. The molecule has 23 heavy (non-hydrogen) atoms. The minimum Gasteiger partial charge on any atom is -0.378 e. The molecule has 1 aromatic carbocycles. The third kappa shape index (κ3) is 2.53. The fourth-order valence-electron chi connectivity index (χ4n) is 3.61. The van der Waals surface area contributed by atoms with Crippen LogP contribution >= 0.6 is 0 Å². The molecule has 5 heteroatoms. The molecular weight excluding hydrogens is 290 g/mol. The predicted octanol–water partition coefficient (Wildman–Crippen LogP) is 3.15. The van der Waals surface area contributed by atoms with Crippen LogP contribution in [0.15, 0.2) is 18.2 Å². The number of carbonyl (C=O) groups excluding carboxylic acids is 1. The van der Waals surface area contributed by atoms with Crippen molar-refractivity contribution in [2.45, 2.75) is 46.3 Å². The molecule has 1 aliphatic carbocycles. The van der Waals surface area contributed by atoms with Crippen LogP contribution < -0.4 is 0 Å². The number of aryl methyl sites for hydroxylation is 1. The number of rotatable bonds is 4. The van der Waals surface area contributed by atoms with Crippen molar-refractivity contribution in [3.8, 4) is 0 Å². The largest absolute Gasteiger partial charge is 0.378 e. The SMILES string of the molecule is CCOC1CC(N(C)C(=O)c2n[nH]c3ccc(C)cc23)C1(C)C. The number of H-pyrrole nitrogens is 1. The van der Waals surface area contributed by atoms with Gasteiger partial charge in [0.2, 0.25) is 0 Å². The summed E-state index contributed by atoms with van der Waals surface area (Å²) in [5.74, 6) is -0.0325. The van der Waals surface area contributed by atoms with Crippen molar-refractivity contribution in [2.24, 2.45) is 5.41 Å². The molecule has 1 amide bonds. The number of hydrogen-bond donors (Lipinski definition) is 1. The van der Waals surface area contributed by atoms with Gasteiger partial charge in [0.15, 0.2) is 5.69 Å². The Morgan fingerprint density at radius 3 is 2.87 bits per heavy atom. The van der Waals surface area contributed by atoms with Crippen LogP contribution in [0.5, 0.6) is 0 Å². The highest BCUT2D eigenvalue weighted by atomic mass is 16.5.